The second-order valence-corrected chi connectivity index (χ2v) is 7.66. The molecule has 0 aliphatic rings. The molecule has 0 fully saturated rings. The van der Waals surface area contributed by atoms with E-state index in [-0.39, 0.29) is 6.04 Å². The maximum absolute atomic E-state index is 6.62. The first kappa shape index (κ1) is 18.5. The highest BCUT2D eigenvalue weighted by atomic mass is 35.5. The molecular formula is C24H24ClN3. The number of aromatic nitrogens is 1. The molecule has 0 bridgehead atoms. The third-order valence-electron chi connectivity index (χ3n) is 5.14. The van der Waals surface area contributed by atoms with Crippen LogP contribution in [0.2, 0.25) is 5.02 Å². The van der Waals surface area contributed by atoms with Crippen molar-refractivity contribution in [1.29, 1.82) is 0 Å². The summed E-state index contributed by atoms with van der Waals surface area (Å²) in [5.74, 6) is 0. The molecule has 0 aliphatic heterocycles. The fourth-order valence-electron chi connectivity index (χ4n) is 3.71. The second kappa shape index (κ2) is 7.61. The van der Waals surface area contributed by atoms with Crippen LogP contribution in [0.3, 0.4) is 0 Å². The van der Waals surface area contributed by atoms with E-state index in [2.05, 4.69) is 76.7 Å². The molecule has 2 N–H and O–H groups in total. The summed E-state index contributed by atoms with van der Waals surface area (Å²) < 4.78 is 0. The molecule has 1 atom stereocenters. The summed E-state index contributed by atoms with van der Waals surface area (Å²) in [6, 6.07) is 24.9. The van der Waals surface area contributed by atoms with E-state index in [0.29, 0.717) is 0 Å². The molecule has 0 aliphatic carbocycles. The number of hydrogen-bond donors (Lipinski definition) is 2. The van der Waals surface area contributed by atoms with Gasteiger partial charge >= 0.3 is 0 Å². The van der Waals surface area contributed by atoms with E-state index < -0.39 is 0 Å². The lowest BCUT2D eigenvalue weighted by Crippen LogP contribution is -2.14. The van der Waals surface area contributed by atoms with Crippen molar-refractivity contribution in [3.05, 3.63) is 94.6 Å². The summed E-state index contributed by atoms with van der Waals surface area (Å²) in [4.78, 5) is 5.61. The molecule has 1 heterocycles. The first-order valence-electron chi connectivity index (χ1n) is 9.40. The molecule has 3 aromatic carbocycles. The number of halogens is 1. The van der Waals surface area contributed by atoms with E-state index in [1.54, 1.807) is 0 Å². The molecule has 142 valence electrons. The van der Waals surface area contributed by atoms with Crippen molar-refractivity contribution < 1.29 is 0 Å². The molecule has 0 amide bonds. The van der Waals surface area contributed by atoms with Gasteiger partial charge in [-0.1, -0.05) is 48.0 Å². The van der Waals surface area contributed by atoms with E-state index in [1.165, 1.54) is 16.6 Å². The maximum Gasteiger partial charge on any atom is 0.0805 e. The lowest BCUT2D eigenvalue weighted by molar-refractivity contribution is 0.933. The van der Waals surface area contributed by atoms with Gasteiger partial charge in [0.15, 0.2) is 0 Å². The van der Waals surface area contributed by atoms with Gasteiger partial charge in [-0.3, -0.25) is 0 Å². The van der Waals surface area contributed by atoms with E-state index in [9.17, 15) is 0 Å². The minimum atomic E-state index is -0.0601. The van der Waals surface area contributed by atoms with E-state index in [1.807, 2.05) is 32.3 Å². The van der Waals surface area contributed by atoms with Crippen molar-refractivity contribution in [2.45, 2.75) is 13.0 Å². The SMILES string of the molecule is Cc1[nH]c2ccccc2c1C(Nc1ccc(N(C)C)cc1)c1ccccc1Cl. The van der Waals surface area contributed by atoms with E-state index in [0.717, 1.165) is 27.5 Å². The summed E-state index contributed by atoms with van der Waals surface area (Å²) in [5.41, 5.74) is 6.79. The van der Waals surface area contributed by atoms with Gasteiger partial charge in [0, 0.05) is 52.7 Å². The summed E-state index contributed by atoms with van der Waals surface area (Å²) in [7, 11) is 4.09. The van der Waals surface area contributed by atoms with Crippen molar-refractivity contribution in [1.82, 2.24) is 4.98 Å². The van der Waals surface area contributed by atoms with Crippen LogP contribution in [0.4, 0.5) is 11.4 Å². The van der Waals surface area contributed by atoms with Gasteiger partial charge in [0.05, 0.1) is 6.04 Å². The molecule has 0 saturated carbocycles. The van der Waals surface area contributed by atoms with Crippen molar-refractivity contribution >= 4 is 33.9 Å². The molecule has 4 aromatic rings. The van der Waals surface area contributed by atoms with Crippen LogP contribution < -0.4 is 10.2 Å². The van der Waals surface area contributed by atoms with Gasteiger partial charge in [-0.2, -0.15) is 0 Å². The van der Waals surface area contributed by atoms with Crippen LogP contribution in [-0.2, 0) is 0 Å². The van der Waals surface area contributed by atoms with Crippen LogP contribution in [-0.4, -0.2) is 19.1 Å². The molecular weight excluding hydrogens is 366 g/mol. The molecule has 28 heavy (non-hydrogen) atoms. The predicted octanol–water partition coefficient (Wildman–Crippen LogP) is 6.40. The zero-order chi connectivity index (χ0) is 19.7. The Hall–Kier alpha value is -2.91. The Labute approximate surface area is 171 Å². The van der Waals surface area contributed by atoms with E-state index in [4.69, 9.17) is 11.6 Å². The lowest BCUT2D eigenvalue weighted by Gasteiger charge is -2.23. The Bertz CT molecular complexity index is 1100. The molecule has 3 nitrogen and oxygen atoms in total. The molecule has 1 aromatic heterocycles. The maximum atomic E-state index is 6.62. The van der Waals surface area contributed by atoms with Crippen LogP contribution in [0, 0.1) is 6.92 Å². The quantitative estimate of drug-likeness (QED) is 0.414. The highest BCUT2D eigenvalue weighted by molar-refractivity contribution is 6.31. The average Bonchev–Trinajstić information content (AvgIpc) is 3.03. The number of nitrogens with zero attached hydrogens (tertiary/aromatic N) is 1. The van der Waals surface area contributed by atoms with Gasteiger partial charge in [0.1, 0.15) is 0 Å². The van der Waals surface area contributed by atoms with Gasteiger partial charge in [0.25, 0.3) is 0 Å². The number of H-pyrrole nitrogens is 1. The molecule has 0 spiro atoms. The second-order valence-electron chi connectivity index (χ2n) is 7.25. The van der Waals surface area contributed by atoms with Crippen molar-refractivity contribution in [3.8, 4) is 0 Å². The minimum Gasteiger partial charge on any atom is -0.378 e. The Morgan fingerprint density at radius 3 is 2.29 bits per heavy atom. The van der Waals surface area contributed by atoms with Crippen LogP contribution in [0.15, 0.2) is 72.8 Å². The van der Waals surface area contributed by atoms with Crippen molar-refractivity contribution in [2.24, 2.45) is 0 Å². The van der Waals surface area contributed by atoms with Gasteiger partial charge in [0.2, 0.25) is 0 Å². The Balaban J connectivity index is 1.83. The molecule has 4 rings (SSSR count). The fourth-order valence-corrected chi connectivity index (χ4v) is 3.95. The highest BCUT2D eigenvalue weighted by Gasteiger charge is 2.22. The number of anilines is 2. The Morgan fingerprint density at radius 2 is 1.57 bits per heavy atom. The molecule has 1 unspecified atom stereocenters. The topological polar surface area (TPSA) is 31.1 Å². The van der Waals surface area contributed by atoms with Crippen molar-refractivity contribution in [2.75, 3.05) is 24.3 Å². The first-order valence-corrected chi connectivity index (χ1v) is 9.78. The number of benzene rings is 3. The van der Waals surface area contributed by atoms with Crippen LogP contribution in [0.5, 0.6) is 0 Å². The summed E-state index contributed by atoms with van der Waals surface area (Å²) >= 11 is 6.62. The average molecular weight is 390 g/mol. The summed E-state index contributed by atoms with van der Waals surface area (Å²) in [6.45, 7) is 2.12. The van der Waals surface area contributed by atoms with Crippen LogP contribution in [0.25, 0.3) is 10.9 Å². The van der Waals surface area contributed by atoms with E-state index >= 15 is 0 Å². The number of hydrogen-bond acceptors (Lipinski definition) is 2. The summed E-state index contributed by atoms with van der Waals surface area (Å²) in [5, 5.41) is 5.68. The number of aryl methyl sites for hydroxylation is 1. The molecule has 0 saturated heterocycles. The number of para-hydroxylation sites is 1. The molecule has 4 heteroatoms. The van der Waals surface area contributed by atoms with Crippen LogP contribution >= 0.6 is 11.6 Å². The number of rotatable bonds is 5. The highest BCUT2D eigenvalue weighted by Crippen LogP contribution is 2.37. The predicted molar refractivity (Wildman–Crippen MR) is 121 cm³/mol. The largest absolute Gasteiger partial charge is 0.378 e. The zero-order valence-electron chi connectivity index (χ0n) is 16.3. The van der Waals surface area contributed by atoms with Gasteiger partial charge in [-0.25, -0.2) is 0 Å². The smallest absolute Gasteiger partial charge is 0.0805 e. The Morgan fingerprint density at radius 1 is 0.893 bits per heavy atom. The van der Waals surface area contributed by atoms with Gasteiger partial charge in [-0.15, -0.1) is 0 Å². The zero-order valence-corrected chi connectivity index (χ0v) is 17.1. The standard InChI is InChI=1S/C24H24ClN3/c1-16-23(20-9-5-7-11-22(20)26-16)24(19-8-4-6-10-21(19)25)27-17-12-14-18(15-13-17)28(2)3/h4-15,24,26-27H,1-3H3. The normalized spacial score (nSPS) is 12.1. The number of aromatic amines is 1. The summed E-state index contributed by atoms with van der Waals surface area (Å²) in [6.07, 6.45) is 0. The van der Waals surface area contributed by atoms with Crippen LogP contribution in [0.1, 0.15) is 22.9 Å². The third-order valence-corrected chi connectivity index (χ3v) is 5.49. The monoisotopic (exact) mass is 389 g/mol. The number of fused-ring (bicyclic) bond motifs is 1. The fraction of sp³-hybridized carbons (Fsp3) is 0.167. The first-order chi connectivity index (χ1) is 13.5. The Kier molecular flexibility index (Phi) is 5.01. The minimum absolute atomic E-state index is 0.0601. The third kappa shape index (κ3) is 3.46. The van der Waals surface area contributed by atoms with Crippen molar-refractivity contribution in [3.63, 3.8) is 0 Å². The van der Waals surface area contributed by atoms with Gasteiger partial charge < -0.3 is 15.2 Å². The molecule has 0 radical (unpaired) electrons. The lowest BCUT2D eigenvalue weighted by atomic mass is 9.95. The van der Waals surface area contributed by atoms with Gasteiger partial charge in [-0.05, 0) is 48.9 Å². The number of nitrogens with one attached hydrogen (secondary N) is 2.